The summed E-state index contributed by atoms with van der Waals surface area (Å²) in [6.45, 7) is 0. The Morgan fingerprint density at radius 3 is 2.38 bits per heavy atom. The van der Waals surface area contributed by atoms with Crippen LogP contribution in [0.2, 0.25) is 0 Å². The quantitative estimate of drug-likeness (QED) is 0.576. The monoisotopic (exact) mass is 244 g/mol. The van der Waals surface area contributed by atoms with Crippen molar-refractivity contribution >= 4 is 31.9 Å². The van der Waals surface area contributed by atoms with Crippen LogP contribution in [-0.2, 0) is 0 Å². The Hall–Kier alpha value is 0.460. The smallest absolute Gasteiger partial charge is 0.155 e. The highest BCUT2D eigenvalue weighted by molar-refractivity contribution is 9.11. The summed E-state index contributed by atoms with van der Waals surface area (Å²) < 4.78 is 0.0519. The first-order chi connectivity index (χ1) is 3.63. The maximum absolute atomic E-state index is 8.54. The van der Waals surface area contributed by atoms with E-state index in [0.717, 1.165) is 0 Å². The fraction of sp³-hybridized carbons (Fsp3) is 0.500. The van der Waals surface area contributed by atoms with Gasteiger partial charge in [0.05, 0.1) is 0 Å². The van der Waals surface area contributed by atoms with Crippen LogP contribution >= 0.6 is 31.9 Å². The summed E-state index contributed by atoms with van der Waals surface area (Å²) in [6.07, 6.45) is 1.86. The Morgan fingerprint density at radius 1 is 1.75 bits per heavy atom. The zero-order valence-electron chi connectivity index (χ0n) is 4.01. The summed E-state index contributed by atoms with van der Waals surface area (Å²) in [6, 6.07) is 0. The number of hydrogen-bond donors (Lipinski definition) is 2. The van der Waals surface area contributed by atoms with Crippen LogP contribution in [0.1, 0.15) is 6.42 Å². The van der Waals surface area contributed by atoms with Crippen LogP contribution < -0.4 is 0 Å². The van der Waals surface area contributed by atoms with Gasteiger partial charge in [0.15, 0.2) is 4.67 Å². The van der Waals surface area contributed by atoms with Crippen LogP contribution in [0.4, 0.5) is 0 Å². The highest BCUT2D eigenvalue weighted by atomic mass is 79.9. The Bertz CT molecular complexity index is 86.0. The molecule has 0 aliphatic rings. The third-order valence-corrected chi connectivity index (χ3v) is 1.18. The number of rotatable bonds is 2. The van der Waals surface area contributed by atoms with Crippen LogP contribution in [0.15, 0.2) is 10.7 Å². The number of hydrogen-bond acceptors (Lipinski definition) is 2. The lowest BCUT2D eigenvalue weighted by Gasteiger charge is -1.93. The van der Waals surface area contributed by atoms with Gasteiger partial charge in [0.1, 0.15) is 5.01 Å². The van der Waals surface area contributed by atoms with E-state index in [1.165, 1.54) is 6.08 Å². The molecule has 0 aliphatic carbocycles. The Morgan fingerprint density at radius 2 is 2.25 bits per heavy atom. The minimum atomic E-state index is -0.567. The predicted molar refractivity (Wildman–Crippen MR) is 39.2 cm³/mol. The van der Waals surface area contributed by atoms with Gasteiger partial charge in [0.25, 0.3) is 0 Å². The molecule has 0 saturated carbocycles. The van der Waals surface area contributed by atoms with E-state index in [4.69, 9.17) is 10.2 Å². The third kappa shape index (κ3) is 6.46. The van der Waals surface area contributed by atoms with Crippen molar-refractivity contribution < 1.29 is 10.2 Å². The molecule has 8 heavy (non-hydrogen) atoms. The van der Waals surface area contributed by atoms with E-state index in [1.807, 2.05) is 0 Å². The molecule has 2 N–H and O–H groups in total. The maximum atomic E-state index is 8.54. The highest BCUT2D eigenvalue weighted by Crippen LogP contribution is 2.05. The summed E-state index contributed by atoms with van der Waals surface area (Å²) in [5.74, 6) is 0. The van der Waals surface area contributed by atoms with Gasteiger partial charge in [-0.3, -0.25) is 0 Å². The number of aliphatic hydroxyl groups excluding tert-OH is 2. The second-order valence-electron chi connectivity index (χ2n) is 1.20. The van der Waals surface area contributed by atoms with Crippen molar-refractivity contribution in [3.63, 3.8) is 0 Å². The lowest BCUT2D eigenvalue weighted by Crippen LogP contribution is -1.90. The van der Waals surface area contributed by atoms with Gasteiger partial charge in [0.2, 0.25) is 0 Å². The zero-order valence-corrected chi connectivity index (χ0v) is 7.18. The molecular weight excluding hydrogens is 240 g/mol. The van der Waals surface area contributed by atoms with E-state index in [2.05, 4.69) is 31.9 Å². The number of halogens is 2. The van der Waals surface area contributed by atoms with Crippen LogP contribution in [-0.4, -0.2) is 15.2 Å². The Labute approximate surface area is 64.5 Å². The van der Waals surface area contributed by atoms with E-state index in [-0.39, 0.29) is 4.67 Å². The second kappa shape index (κ2) is 4.35. The molecule has 4 heteroatoms. The van der Waals surface area contributed by atoms with Crippen LogP contribution in [0, 0.1) is 0 Å². The fourth-order valence-electron chi connectivity index (χ4n) is 0.194. The first kappa shape index (κ1) is 8.46. The zero-order chi connectivity index (χ0) is 6.57. The molecule has 1 unspecified atom stereocenters. The molecule has 0 radical (unpaired) electrons. The van der Waals surface area contributed by atoms with Crippen molar-refractivity contribution in [1.29, 1.82) is 0 Å². The standard InChI is InChI=1S/C4H6Br2O2/c5-3(7)1-2-4(6)8/h1,4,7-8H,2H2. The third-order valence-electron chi connectivity index (χ3n) is 0.481. The van der Waals surface area contributed by atoms with E-state index < -0.39 is 5.01 Å². The van der Waals surface area contributed by atoms with E-state index in [0.29, 0.717) is 6.42 Å². The van der Waals surface area contributed by atoms with Crippen molar-refractivity contribution in [3.05, 3.63) is 10.7 Å². The lowest BCUT2D eigenvalue weighted by molar-refractivity contribution is 0.272. The molecule has 0 aliphatic heterocycles. The summed E-state index contributed by atoms with van der Waals surface area (Å²) >= 11 is 5.67. The SMILES string of the molecule is OC(Br)=CCC(O)Br. The summed E-state index contributed by atoms with van der Waals surface area (Å²) in [5, 5.41) is 16.4. The highest BCUT2D eigenvalue weighted by Gasteiger charge is 1.92. The van der Waals surface area contributed by atoms with Crippen LogP contribution in [0.3, 0.4) is 0 Å². The van der Waals surface area contributed by atoms with E-state index in [1.54, 1.807) is 0 Å². The van der Waals surface area contributed by atoms with Gasteiger partial charge in [-0.1, -0.05) is 15.9 Å². The topological polar surface area (TPSA) is 40.5 Å². The Balaban J connectivity index is 3.29. The van der Waals surface area contributed by atoms with Gasteiger partial charge in [-0.25, -0.2) is 0 Å². The first-order valence-electron chi connectivity index (χ1n) is 1.99. The second-order valence-corrected chi connectivity index (χ2v) is 3.07. The van der Waals surface area contributed by atoms with Crippen molar-refractivity contribution in [3.8, 4) is 0 Å². The lowest BCUT2D eigenvalue weighted by atomic mass is 10.4. The molecule has 0 aromatic heterocycles. The normalized spacial score (nSPS) is 16.1. The van der Waals surface area contributed by atoms with Crippen LogP contribution in [0.5, 0.6) is 0 Å². The maximum Gasteiger partial charge on any atom is 0.155 e. The summed E-state index contributed by atoms with van der Waals surface area (Å²) in [4.78, 5) is 0. The van der Waals surface area contributed by atoms with Crippen LogP contribution in [0.25, 0.3) is 0 Å². The average Bonchev–Trinajstić information content (AvgIpc) is 1.61. The number of alkyl halides is 1. The van der Waals surface area contributed by atoms with Gasteiger partial charge < -0.3 is 10.2 Å². The Kier molecular flexibility index (Phi) is 4.60. The van der Waals surface area contributed by atoms with Gasteiger partial charge in [-0.05, 0) is 22.0 Å². The molecule has 1 atom stereocenters. The molecule has 2 nitrogen and oxygen atoms in total. The van der Waals surface area contributed by atoms with Gasteiger partial charge >= 0.3 is 0 Å². The minimum Gasteiger partial charge on any atom is -0.502 e. The molecule has 48 valence electrons. The van der Waals surface area contributed by atoms with Crippen molar-refractivity contribution in [1.82, 2.24) is 0 Å². The molecule has 0 amide bonds. The molecule has 0 bridgehead atoms. The van der Waals surface area contributed by atoms with E-state index in [9.17, 15) is 0 Å². The molecule has 0 aromatic rings. The van der Waals surface area contributed by atoms with Crippen molar-refractivity contribution in [2.24, 2.45) is 0 Å². The predicted octanol–water partition coefficient (Wildman–Crippen LogP) is 1.88. The van der Waals surface area contributed by atoms with Crippen molar-refractivity contribution in [2.75, 3.05) is 0 Å². The summed E-state index contributed by atoms with van der Waals surface area (Å²) in [5.41, 5.74) is 0. The molecule has 0 aromatic carbocycles. The first-order valence-corrected chi connectivity index (χ1v) is 3.70. The molecule has 0 spiro atoms. The molecular formula is C4H6Br2O2. The minimum absolute atomic E-state index is 0.0519. The fourth-order valence-corrected chi connectivity index (χ4v) is 0.568. The van der Waals surface area contributed by atoms with Gasteiger partial charge in [-0.2, -0.15) is 0 Å². The summed E-state index contributed by atoms with van der Waals surface area (Å²) in [7, 11) is 0. The largest absolute Gasteiger partial charge is 0.502 e. The van der Waals surface area contributed by atoms with Gasteiger partial charge in [-0.15, -0.1) is 0 Å². The average molecular weight is 246 g/mol. The molecule has 0 heterocycles. The van der Waals surface area contributed by atoms with E-state index >= 15 is 0 Å². The molecule has 0 rings (SSSR count). The molecule has 0 saturated heterocycles. The van der Waals surface area contributed by atoms with Crippen molar-refractivity contribution in [2.45, 2.75) is 11.4 Å². The number of aliphatic hydroxyl groups is 2. The molecule has 0 fully saturated rings. The van der Waals surface area contributed by atoms with Gasteiger partial charge in [0, 0.05) is 6.42 Å².